The third-order valence-corrected chi connectivity index (χ3v) is 3.16. The van der Waals surface area contributed by atoms with Crippen molar-refractivity contribution in [3.63, 3.8) is 0 Å². The fourth-order valence-electron chi connectivity index (χ4n) is 1.81. The molecule has 0 radical (unpaired) electrons. The van der Waals surface area contributed by atoms with Crippen LogP contribution >= 0.6 is 11.6 Å². The molecule has 2 N–H and O–H groups in total. The standard InChI is InChI=1S/C13H15ClN2O/c1-2-9-15-12(17)16-13(7-8-13)10-3-5-11(14)6-4-10/h2-6H,1,7-9H2,(H2,15,16,17). The number of nitrogens with one attached hydrogen (secondary N) is 2. The number of rotatable bonds is 4. The second-order valence-corrected chi connectivity index (χ2v) is 4.65. The minimum atomic E-state index is -0.199. The first-order chi connectivity index (χ1) is 8.16. The topological polar surface area (TPSA) is 41.1 Å². The maximum atomic E-state index is 11.6. The van der Waals surface area contributed by atoms with Gasteiger partial charge in [0.2, 0.25) is 0 Å². The van der Waals surface area contributed by atoms with Crippen LogP contribution in [0.1, 0.15) is 18.4 Å². The Hall–Kier alpha value is -1.48. The zero-order chi connectivity index (χ0) is 12.3. The minimum absolute atomic E-state index is 0.155. The molecule has 1 saturated carbocycles. The van der Waals surface area contributed by atoms with E-state index in [1.54, 1.807) is 6.08 Å². The Morgan fingerprint density at radius 1 is 1.41 bits per heavy atom. The highest BCUT2D eigenvalue weighted by Crippen LogP contribution is 2.45. The van der Waals surface area contributed by atoms with Crippen LogP contribution in [0.2, 0.25) is 5.02 Å². The van der Waals surface area contributed by atoms with Gasteiger partial charge in [0.15, 0.2) is 0 Å². The van der Waals surface area contributed by atoms with Gasteiger partial charge >= 0.3 is 6.03 Å². The Morgan fingerprint density at radius 2 is 2.06 bits per heavy atom. The predicted molar refractivity (Wildman–Crippen MR) is 69.1 cm³/mol. The molecule has 3 nitrogen and oxygen atoms in total. The Morgan fingerprint density at radius 3 is 2.59 bits per heavy atom. The third-order valence-electron chi connectivity index (χ3n) is 2.91. The first-order valence-corrected chi connectivity index (χ1v) is 5.97. The molecular weight excluding hydrogens is 236 g/mol. The lowest BCUT2D eigenvalue weighted by atomic mass is 10.1. The molecule has 1 fully saturated rings. The van der Waals surface area contributed by atoms with Gasteiger partial charge in [0, 0.05) is 11.6 Å². The molecule has 90 valence electrons. The zero-order valence-electron chi connectivity index (χ0n) is 9.50. The first kappa shape index (κ1) is 12.0. The fraction of sp³-hybridized carbons (Fsp3) is 0.308. The summed E-state index contributed by atoms with van der Waals surface area (Å²) in [4.78, 5) is 11.6. The van der Waals surface area contributed by atoms with Gasteiger partial charge in [0.25, 0.3) is 0 Å². The predicted octanol–water partition coefficient (Wildman–Crippen LogP) is 2.81. The number of urea groups is 1. The van der Waals surface area contributed by atoms with Gasteiger partial charge in [-0.15, -0.1) is 6.58 Å². The van der Waals surface area contributed by atoms with E-state index in [2.05, 4.69) is 17.2 Å². The Balaban J connectivity index is 2.02. The third kappa shape index (κ3) is 2.80. The molecule has 0 bridgehead atoms. The van der Waals surface area contributed by atoms with E-state index in [0.717, 1.165) is 18.4 Å². The van der Waals surface area contributed by atoms with Crippen LogP contribution in [-0.4, -0.2) is 12.6 Å². The van der Waals surface area contributed by atoms with Gasteiger partial charge in [-0.2, -0.15) is 0 Å². The summed E-state index contributed by atoms with van der Waals surface area (Å²) in [5.41, 5.74) is 0.909. The van der Waals surface area contributed by atoms with Crippen LogP contribution in [0.4, 0.5) is 4.79 Å². The average Bonchev–Trinajstić information content (AvgIpc) is 3.08. The minimum Gasteiger partial charge on any atom is -0.335 e. The molecular formula is C13H15ClN2O. The average molecular weight is 251 g/mol. The van der Waals surface area contributed by atoms with Gasteiger partial charge in [-0.05, 0) is 30.5 Å². The van der Waals surface area contributed by atoms with Crippen LogP contribution in [0.15, 0.2) is 36.9 Å². The van der Waals surface area contributed by atoms with Gasteiger partial charge in [-0.3, -0.25) is 0 Å². The van der Waals surface area contributed by atoms with Crippen LogP contribution in [0, 0.1) is 0 Å². The molecule has 0 heterocycles. The molecule has 1 aromatic rings. The van der Waals surface area contributed by atoms with Gasteiger partial charge in [-0.25, -0.2) is 4.79 Å². The number of hydrogen-bond donors (Lipinski definition) is 2. The first-order valence-electron chi connectivity index (χ1n) is 5.59. The Kier molecular flexibility index (Phi) is 3.38. The van der Waals surface area contributed by atoms with Crippen molar-refractivity contribution in [3.05, 3.63) is 47.5 Å². The van der Waals surface area contributed by atoms with Gasteiger partial charge < -0.3 is 10.6 Å². The van der Waals surface area contributed by atoms with Crippen LogP contribution in [0.5, 0.6) is 0 Å². The van der Waals surface area contributed by atoms with Crippen LogP contribution in [-0.2, 0) is 5.54 Å². The fourth-order valence-corrected chi connectivity index (χ4v) is 1.93. The molecule has 2 rings (SSSR count). The molecule has 0 aliphatic heterocycles. The van der Waals surface area contributed by atoms with Crippen molar-refractivity contribution in [1.82, 2.24) is 10.6 Å². The lowest BCUT2D eigenvalue weighted by Gasteiger charge is -2.18. The van der Waals surface area contributed by atoms with Gasteiger partial charge in [-0.1, -0.05) is 29.8 Å². The molecule has 4 heteroatoms. The Labute approximate surface area is 106 Å². The van der Waals surface area contributed by atoms with E-state index in [1.807, 2.05) is 24.3 Å². The lowest BCUT2D eigenvalue weighted by molar-refractivity contribution is 0.237. The summed E-state index contributed by atoms with van der Waals surface area (Å²) in [6.07, 6.45) is 3.59. The normalized spacial score (nSPS) is 16.1. The molecule has 0 saturated heterocycles. The molecule has 0 unspecified atom stereocenters. The van der Waals surface area contributed by atoms with Crippen molar-refractivity contribution in [2.24, 2.45) is 0 Å². The number of carbonyl (C=O) groups excluding carboxylic acids is 1. The summed E-state index contributed by atoms with van der Waals surface area (Å²) in [5, 5.41) is 6.42. The van der Waals surface area contributed by atoms with E-state index in [-0.39, 0.29) is 11.6 Å². The van der Waals surface area contributed by atoms with Crippen LogP contribution in [0.25, 0.3) is 0 Å². The van der Waals surface area contributed by atoms with E-state index in [0.29, 0.717) is 11.6 Å². The quantitative estimate of drug-likeness (QED) is 0.793. The van der Waals surface area contributed by atoms with E-state index < -0.39 is 0 Å². The molecule has 1 aromatic carbocycles. The largest absolute Gasteiger partial charge is 0.335 e. The SMILES string of the molecule is C=CCNC(=O)NC1(c2ccc(Cl)cc2)CC1. The second kappa shape index (κ2) is 4.80. The molecule has 1 aliphatic carbocycles. The Bertz CT molecular complexity index is 424. The van der Waals surface area contributed by atoms with E-state index in [9.17, 15) is 4.79 Å². The van der Waals surface area contributed by atoms with Crippen molar-refractivity contribution in [3.8, 4) is 0 Å². The van der Waals surface area contributed by atoms with Crippen LogP contribution in [0.3, 0.4) is 0 Å². The summed E-state index contributed by atoms with van der Waals surface area (Å²) in [6.45, 7) is 4.03. The molecule has 0 aromatic heterocycles. The van der Waals surface area contributed by atoms with Gasteiger partial charge in [0.1, 0.15) is 0 Å². The maximum Gasteiger partial charge on any atom is 0.315 e. The lowest BCUT2D eigenvalue weighted by Crippen LogP contribution is -2.42. The molecule has 1 aliphatic rings. The highest BCUT2D eigenvalue weighted by Gasteiger charge is 2.45. The smallest absolute Gasteiger partial charge is 0.315 e. The van der Waals surface area contributed by atoms with Crippen molar-refractivity contribution in [1.29, 1.82) is 0 Å². The van der Waals surface area contributed by atoms with Crippen molar-refractivity contribution < 1.29 is 4.79 Å². The number of carbonyl (C=O) groups is 1. The van der Waals surface area contributed by atoms with E-state index in [4.69, 9.17) is 11.6 Å². The molecule has 17 heavy (non-hydrogen) atoms. The number of benzene rings is 1. The zero-order valence-corrected chi connectivity index (χ0v) is 10.3. The summed E-state index contributed by atoms with van der Waals surface area (Å²) in [7, 11) is 0. The number of hydrogen-bond acceptors (Lipinski definition) is 1. The monoisotopic (exact) mass is 250 g/mol. The van der Waals surface area contributed by atoms with E-state index in [1.165, 1.54) is 0 Å². The van der Waals surface area contributed by atoms with Crippen LogP contribution < -0.4 is 10.6 Å². The summed E-state index contributed by atoms with van der Waals surface area (Å²) >= 11 is 5.85. The molecule has 0 atom stereocenters. The van der Waals surface area contributed by atoms with Crippen molar-refractivity contribution in [2.75, 3.05) is 6.54 Å². The molecule has 0 spiro atoms. The number of amides is 2. The summed E-state index contributed by atoms with van der Waals surface area (Å²) in [6, 6.07) is 7.46. The highest BCUT2D eigenvalue weighted by atomic mass is 35.5. The highest BCUT2D eigenvalue weighted by molar-refractivity contribution is 6.30. The molecule has 2 amide bonds. The van der Waals surface area contributed by atoms with Gasteiger partial charge in [0.05, 0.1) is 5.54 Å². The maximum absolute atomic E-state index is 11.6. The summed E-state index contributed by atoms with van der Waals surface area (Å²) in [5.74, 6) is 0. The van der Waals surface area contributed by atoms with Crippen molar-refractivity contribution in [2.45, 2.75) is 18.4 Å². The van der Waals surface area contributed by atoms with E-state index >= 15 is 0 Å². The van der Waals surface area contributed by atoms with Crippen molar-refractivity contribution >= 4 is 17.6 Å². The number of halogens is 1. The second-order valence-electron chi connectivity index (χ2n) is 4.21. The summed E-state index contributed by atoms with van der Waals surface area (Å²) < 4.78 is 0.